The van der Waals surface area contributed by atoms with E-state index >= 15 is 0 Å². The van der Waals surface area contributed by atoms with Gasteiger partial charge in [-0.1, -0.05) is 0 Å². The SMILES string of the molecule is N#CS[C@@H]1O[C@H](CO)[C@@H](O)[C@H](O)[C@H]1O. The summed E-state index contributed by atoms with van der Waals surface area (Å²) in [5.74, 6) is 0. The van der Waals surface area contributed by atoms with Crippen LogP contribution in [-0.2, 0) is 4.74 Å². The first-order chi connectivity index (χ1) is 6.61. The van der Waals surface area contributed by atoms with Crippen LogP contribution in [0.25, 0.3) is 0 Å². The second-order valence-corrected chi connectivity index (χ2v) is 3.79. The molecule has 0 aliphatic carbocycles. The normalized spacial score (nSPS) is 43.2. The van der Waals surface area contributed by atoms with E-state index in [-0.39, 0.29) is 0 Å². The zero-order valence-electron chi connectivity index (χ0n) is 7.15. The fraction of sp³-hybridized carbons (Fsp3) is 0.857. The van der Waals surface area contributed by atoms with Crippen molar-refractivity contribution in [3.8, 4) is 5.40 Å². The lowest BCUT2D eigenvalue weighted by molar-refractivity contribution is -0.205. The molecule has 0 bridgehead atoms. The lowest BCUT2D eigenvalue weighted by Crippen LogP contribution is -2.57. The second kappa shape index (κ2) is 4.93. The molecule has 1 rings (SSSR count). The molecule has 6 nitrogen and oxygen atoms in total. The second-order valence-electron chi connectivity index (χ2n) is 2.91. The van der Waals surface area contributed by atoms with E-state index in [1.54, 1.807) is 5.40 Å². The quantitative estimate of drug-likeness (QED) is 0.399. The molecule has 7 heteroatoms. The van der Waals surface area contributed by atoms with Gasteiger partial charge in [0.15, 0.2) is 0 Å². The van der Waals surface area contributed by atoms with E-state index in [1.807, 2.05) is 0 Å². The molecule has 1 heterocycles. The average molecular weight is 221 g/mol. The van der Waals surface area contributed by atoms with E-state index in [0.717, 1.165) is 0 Å². The first-order valence-electron chi connectivity index (χ1n) is 3.97. The van der Waals surface area contributed by atoms with Gasteiger partial charge in [-0.2, -0.15) is 5.26 Å². The highest BCUT2D eigenvalue weighted by atomic mass is 32.2. The third-order valence-corrected chi connectivity index (χ3v) is 2.74. The van der Waals surface area contributed by atoms with Crippen molar-refractivity contribution < 1.29 is 25.2 Å². The first kappa shape index (κ1) is 11.7. The Bertz CT molecular complexity index is 231. The Morgan fingerprint density at radius 1 is 1.21 bits per heavy atom. The molecule has 1 saturated heterocycles. The Morgan fingerprint density at radius 3 is 2.36 bits per heavy atom. The van der Waals surface area contributed by atoms with Crippen molar-refractivity contribution in [2.45, 2.75) is 29.9 Å². The summed E-state index contributed by atoms with van der Waals surface area (Å²) in [6.45, 7) is -0.479. The number of nitriles is 1. The van der Waals surface area contributed by atoms with Gasteiger partial charge in [-0.15, -0.1) is 0 Å². The number of thiocyanates is 1. The third-order valence-electron chi connectivity index (χ3n) is 2.02. The maximum absolute atomic E-state index is 9.36. The molecule has 0 unspecified atom stereocenters. The van der Waals surface area contributed by atoms with Gasteiger partial charge in [0, 0.05) is 0 Å². The van der Waals surface area contributed by atoms with Crippen LogP contribution in [0.3, 0.4) is 0 Å². The molecule has 0 aromatic heterocycles. The number of hydrogen-bond acceptors (Lipinski definition) is 7. The number of nitrogens with zero attached hydrogens (tertiary/aromatic N) is 1. The number of thioether (sulfide) groups is 1. The van der Waals surface area contributed by atoms with Crippen LogP contribution in [0.5, 0.6) is 0 Å². The van der Waals surface area contributed by atoms with Crippen LogP contribution in [0.1, 0.15) is 0 Å². The molecule has 1 fully saturated rings. The van der Waals surface area contributed by atoms with Gasteiger partial charge in [-0.3, -0.25) is 0 Å². The third kappa shape index (κ3) is 2.17. The summed E-state index contributed by atoms with van der Waals surface area (Å²) < 4.78 is 5.00. The van der Waals surface area contributed by atoms with E-state index in [1.165, 1.54) is 0 Å². The number of hydrogen-bond donors (Lipinski definition) is 4. The Hall–Kier alpha value is -0.360. The summed E-state index contributed by atoms with van der Waals surface area (Å²) in [4.78, 5) is 0. The zero-order valence-corrected chi connectivity index (χ0v) is 7.96. The molecule has 0 aromatic rings. The van der Waals surface area contributed by atoms with Crippen LogP contribution in [-0.4, -0.2) is 56.9 Å². The lowest BCUT2D eigenvalue weighted by atomic mass is 10.0. The van der Waals surface area contributed by atoms with E-state index < -0.39 is 36.5 Å². The maximum atomic E-state index is 9.36. The monoisotopic (exact) mass is 221 g/mol. The molecule has 0 radical (unpaired) electrons. The summed E-state index contributed by atoms with van der Waals surface area (Å²) in [7, 11) is 0. The topological polar surface area (TPSA) is 114 Å². The van der Waals surface area contributed by atoms with E-state index in [2.05, 4.69) is 0 Å². The van der Waals surface area contributed by atoms with Crippen LogP contribution in [0.4, 0.5) is 0 Å². The van der Waals surface area contributed by atoms with Crippen molar-refractivity contribution in [1.82, 2.24) is 0 Å². The van der Waals surface area contributed by atoms with Gasteiger partial charge >= 0.3 is 0 Å². The van der Waals surface area contributed by atoms with Crippen molar-refractivity contribution >= 4 is 11.8 Å². The molecule has 80 valence electrons. The smallest absolute Gasteiger partial charge is 0.146 e. The average Bonchev–Trinajstić information content (AvgIpc) is 2.19. The van der Waals surface area contributed by atoms with Crippen molar-refractivity contribution in [2.24, 2.45) is 0 Å². The highest BCUT2D eigenvalue weighted by molar-refractivity contribution is 8.04. The van der Waals surface area contributed by atoms with Crippen LogP contribution in [0, 0.1) is 10.7 Å². The van der Waals surface area contributed by atoms with Gasteiger partial charge in [0.2, 0.25) is 0 Å². The fourth-order valence-electron chi connectivity index (χ4n) is 1.22. The number of aliphatic hydroxyl groups is 4. The molecule has 0 amide bonds. The van der Waals surface area contributed by atoms with Gasteiger partial charge in [-0.05, 0) is 11.8 Å². The Kier molecular flexibility index (Phi) is 4.12. The maximum Gasteiger partial charge on any atom is 0.146 e. The van der Waals surface area contributed by atoms with Crippen LogP contribution in [0.2, 0.25) is 0 Å². The molecule has 14 heavy (non-hydrogen) atoms. The van der Waals surface area contributed by atoms with Gasteiger partial charge in [-0.25, -0.2) is 0 Å². The standard InChI is InChI=1S/C7H11NO5S/c8-2-14-7-6(12)5(11)4(10)3(1-9)13-7/h3-7,9-12H,1H2/t3-,4-,5+,6-,7+/m1/s1. The highest BCUT2D eigenvalue weighted by Crippen LogP contribution is 2.27. The van der Waals surface area contributed by atoms with Crippen molar-refractivity contribution in [3.05, 3.63) is 0 Å². The van der Waals surface area contributed by atoms with Gasteiger partial charge < -0.3 is 25.2 Å². The molecule has 1 aliphatic rings. The van der Waals surface area contributed by atoms with Crippen LogP contribution in [0.15, 0.2) is 0 Å². The Balaban J connectivity index is 2.69. The summed E-state index contributed by atoms with van der Waals surface area (Å²) in [6.07, 6.45) is -5.06. The van der Waals surface area contributed by atoms with Gasteiger partial charge in [0.05, 0.1) is 6.61 Å². The van der Waals surface area contributed by atoms with Gasteiger partial charge in [0.1, 0.15) is 35.3 Å². The molecule has 0 saturated carbocycles. The first-order valence-corrected chi connectivity index (χ1v) is 4.85. The van der Waals surface area contributed by atoms with Crippen molar-refractivity contribution in [1.29, 1.82) is 5.26 Å². The highest BCUT2D eigenvalue weighted by Gasteiger charge is 2.43. The summed E-state index contributed by atoms with van der Waals surface area (Å²) >= 11 is 0.636. The van der Waals surface area contributed by atoms with Gasteiger partial charge in [0.25, 0.3) is 0 Å². The molecule has 5 atom stereocenters. The Morgan fingerprint density at radius 2 is 1.86 bits per heavy atom. The van der Waals surface area contributed by atoms with Crippen molar-refractivity contribution in [2.75, 3.05) is 6.61 Å². The molecule has 1 aliphatic heterocycles. The predicted molar refractivity (Wildman–Crippen MR) is 47.0 cm³/mol. The van der Waals surface area contributed by atoms with E-state index in [4.69, 9.17) is 15.1 Å². The summed E-state index contributed by atoms with van der Waals surface area (Å²) in [5.41, 5.74) is -0.949. The minimum absolute atomic E-state index is 0.479. The van der Waals surface area contributed by atoms with E-state index in [9.17, 15) is 15.3 Å². The molecule has 0 aromatic carbocycles. The van der Waals surface area contributed by atoms with Crippen molar-refractivity contribution in [3.63, 3.8) is 0 Å². The number of aliphatic hydroxyl groups excluding tert-OH is 4. The van der Waals surface area contributed by atoms with Crippen LogP contribution >= 0.6 is 11.8 Å². The molecular formula is C7H11NO5S. The van der Waals surface area contributed by atoms with Crippen LogP contribution < -0.4 is 0 Å². The number of rotatable bonds is 2. The lowest BCUT2D eigenvalue weighted by Gasteiger charge is -2.38. The minimum Gasteiger partial charge on any atom is -0.394 e. The summed E-state index contributed by atoms with van der Waals surface area (Å²) in [5, 5.41) is 46.9. The Labute approximate surface area is 84.7 Å². The predicted octanol–water partition coefficient (Wildman–Crippen LogP) is -2.00. The summed E-state index contributed by atoms with van der Waals surface area (Å²) in [6, 6.07) is 0. The largest absolute Gasteiger partial charge is 0.394 e. The minimum atomic E-state index is -1.41. The number of ether oxygens (including phenoxy) is 1. The molecular weight excluding hydrogens is 210 g/mol. The molecule has 4 N–H and O–H groups in total. The zero-order chi connectivity index (χ0) is 10.7. The fourth-order valence-corrected chi connectivity index (χ4v) is 1.82. The van der Waals surface area contributed by atoms with E-state index in [0.29, 0.717) is 11.8 Å². The molecule has 0 spiro atoms.